The molecule has 0 fully saturated rings. The summed E-state index contributed by atoms with van der Waals surface area (Å²) in [6.07, 6.45) is 2.37. The average molecular weight is 298 g/mol. The highest BCUT2D eigenvalue weighted by Crippen LogP contribution is 2.22. The summed E-state index contributed by atoms with van der Waals surface area (Å²) in [5.74, 6) is 0.803. The molecule has 1 aromatic carbocycles. The number of imidazole rings is 1. The van der Waals surface area contributed by atoms with Crippen molar-refractivity contribution in [1.82, 2.24) is 9.38 Å². The Kier molecular flexibility index (Phi) is 3.51. The molecule has 3 rings (SSSR count). The monoisotopic (exact) mass is 297 g/mol. The molecule has 5 heteroatoms. The number of nitrogens with zero attached hydrogens (tertiary/aromatic N) is 3. The van der Waals surface area contributed by atoms with Gasteiger partial charge in [-0.25, -0.2) is 4.98 Å². The molecule has 0 atom stereocenters. The number of halogens is 1. The quantitative estimate of drug-likeness (QED) is 0.744. The van der Waals surface area contributed by atoms with Gasteiger partial charge in [-0.05, 0) is 29.8 Å². The summed E-state index contributed by atoms with van der Waals surface area (Å²) in [7, 11) is 1.63. The Labute approximate surface area is 127 Å². The molecule has 21 heavy (non-hydrogen) atoms. The first-order valence-corrected chi connectivity index (χ1v) is 6.79. The number of rotatable bonds is 3. The molecular formula is C16H12ClN3O. The van der Waals surface area contributed by atoms with E-state index in [1.54, 1.807) is 29.8 Å². The number of hydrogen-bond acceptors (Lipinski definition) is 3. The summed E-state index contributed by atoms with van der Waals surface area (Å²) in [6, 6.07) is 13.5. The third-order valence-corrected chi connectivity index (χ3v) is 3.61. The topological polar surface area (TPSA) is 50.3 Å². The number of fused-ring (bicyclic) bond motifs is 1. The normalized spacial score (nSPS) is 10.5. The van der Waals surface area contributed by atoms with Crippen molar-refractivity contribution in [3.63, 3.8) is 0 Å². The molecule has 0 saturated carbocycles. The van der Waals surface area contributed by atoms with E-state index in [1.807, 2.05) is 24.3 Å². The van der Waals surface area contributed by atoms with Crippen molar-refractivity contribution in [1.29, 1.82) is 5.26 Å². The Morgan fingerprint density at radius 3 is 2.71 bits per heavy atom. The molecular weight excluding hydrogens is 286 g/mol. The third kappa shape index (κ3) is 2.44. The second kappa shape index (κ2) is 5.47. The van der Waals surface area contributed by atoms with Gasteiger partial charge >= 0.3 is 0 Å². The van der Waals surface area contributed by atoms with Gasteiger partial charge in [0.15, 0.2) is 5.65 Å². The summed E-state index contributed by atoms with van der Waals surface area (Å²) in [4.78, 5) is 4.50. The van der Waals surface area contributed by atoms with Crippen LogP contribution in [0.15, 0.2) is 42.6 Å². The van der Waals surface area contributed by atoms with Gasteiger partial charge < -0.3 is 4.74 Å². The van der Waals surface area contributed by atoms with Gasteiger partial charge in [0.25, 0.3) is 0 Å². The van der Waals surface area contributed by atoms with E-state index in [-0.39, 0.29) is 0 Å². The first-order chi connectivity index (χ1) is 10.2. The molecule has 0 saturated heterocycles. The Bertz CT molecular complexity index is 831. The Hall–Kier alpha value is -2.51. The predicted octanol–water partition coefficient (Wildman–Crippen LogP) is 3.46. The molecule has 2 heterocycles. The van der Waals surface area contributed by atoms with Gasteiger partial charge in [0.2, 0.25) is 0 Å². The molecule has 104 valence electrons. The van der Waals surface area contributed by atoms with Crippen LogP contribution >= 0.6 is 11.6 Å². The van der Waals surface area contributed by atoms with Crippen LogP contribution in [0.1, 0.15) is 17.0 Å². The van der Waals surface area contributed by atoms with Gasteiger partial charge in [-0.2, -0.15) is 5.26 Å². The minimum atomic E-state index is 0.517. The van der Waals surface area contributed by atoms with Crippen LogP contribution in [0.4, 0.5) is 0 Å². The van der Waals surface area contributed by atoms with E-state index in [0.29, 0.717) is 22.8 Å². The minimum Gasteiger partial charge on any atom is -0.497 e. The van der Waals surface area contributed by atoms with E-state index in [2.05, 4.69) is 11.1 Å². The molecule has 0 aliphatic heterocycles. The Morgan fingerprint density at radius 1 is 1.29 bits per heavy atom. The van der Waals surface area contributed by atoms with Gasteiger partial charge in [0.1, 0.15) is 17.5 Å². The summed E-state index contributed by atoms with van der Waals surface area (Å²) in [6.45, 7) is 0. The smallest absolute Gasteiger partial charge is 0.156 e. The van der Waals surface area contributed by atoms with Crippen molar-refractivity contribution in [3.8, 4) is 11.8 Å². The summed E-state index contributed by atoms with van der Waals surface area (Å²) in [5, 5.41) is 9.92. The number of nitriles is 1. The summed E-state index contributed by atoms with van der Waals surface area (Å²) in [5.41, 5.74) is 2.91. The fourth-order valence-electron chi connectivity index (χ4n) is 2.26. The fraction of sp³-hybridized carbons (Fsp3) is 0.125. The zero-order valence-corrected chi connectivity index (χ0v) is 12.1. The average Bonchev–Trinajstić information content (AvgIpc) is 2.87. The maximum atomic E-state index is 9.38. The minimum absolute atomic E-state index is 0.517. The second-order valence-corrected chi connectivity index (χ2v) is 5.00. The lowest BCUT2D eigenvalue weighted by Crippen LogP contribution is -1.94. The molecule has 0 aliphatic rings. The van der Waals surface area contributed by atoms with Crippen LogP contribution in [0.25, 0.3) is 5.65 Å². The number of pyridine rings is 1. The third-order valence-electron chi connectivity index (χ3n) is 3.31. The molecule has 0 spiro atoms. The molecule has 0 amide bonds. The number of aromatic nitrogens is 2. The Morgan fingerprint density at radius 2 is 2.05 bits per heavy atom. The molecule has 0 unspecified atom stereocenters. The van der Waals surface area contributed by atoms with E-state index in [4.69, 9.17) is 16.3 Å². The van der Waals surface area contributed by atoms with Crippen LogP contribution in [0.3, 0.4) is 0 Å². The highest BCUT2D eigenvalue weighted by Gasteiger charge is 2.14. The highest BCUT2D eigenvalue weighted by atomic mass is 35.5. The number of benzene rings is 1. The van der Waals surface area contributed by atoms with Crippen LogP contribution in [0.5, 0.6) is 5.75 Å². The zero-order valence-electron chi connectivity index (χ0n) is 11.4. The van der Waals surface area contributed by atoms with Crippen molar-refractivity contribution in [2.45, 2.75) is 6.42 Å². The maximum Gasteiger partial charge on any atom is 0.156 e. The lowest BCUT2D eigenvalue weighted by atomic mass is 10.1. The SMILES string of the molecule is COc1ccc(Cc2nc3c(Cl)cccn3c2C#N)cc1. The first-order valence-electron chi connectivity index (χ1n) is 6.41. The molecule has 2 aromatic heterocycles. The van der Waals surface area contributed by atoms with Crippen molar-refractivity contribution < 1.29 is 4.74 Å². The van der Waals surface area contributed by atoms with E-state index >= 15 is 0 Å². The summed E-state index contributed by atoms with van der Waals surface area (Å²) < 4.78 is 6.86. The van der Waals surface area contributed by atoms with Gasteiger partial charge in [-0.1, -0.05) is 23.7 Å². The van der Waals surface area contributed by atoms with E-state index in [1.165, 1.54) is 0 Å². The van der Waals surface area contributed by atoms with Crippen LogP contribution in [-0.4, -0.2) is 16.5 Å². The molecule has 0 aliphatic carbocycles. The van der Waals surface area contributed by atoms with Crippen molar-refractivity contribution in [2.24, 2.45) is 0 Å². The van der Waals surface area contributed by atoms with Crippen LogP contribution in [0, 0.1) is 11.3 Å². The predicted molar refractivity (Wildman–Crippen MR) is 80.7 cm³/mol. The number of ether oxygens (including phenoxy) is 1. The molecule has 0 bridgehead atoms. The second-order valence-electron chi connectivity index (χ2n) is 4.59. The van der Waals surface area contributed by atoms with Crippen molar-refractivity contribution in [2.75, 3.05) is 7.11 Å². The lowest BCUT2D eigenvalue weighted by molar-refractivity contribution is 0.414. The molecule has 0 N–H and O–H groups in total. The zero-order chi connectivity index (χ0) is 14.8. The fourth-order valence-corrected chi connectivity index (χ4v) is 2.47. The Balaban J connectivity index is 2.03. The van der Waals surface area contributed by atoms with Crippen molar-refractivity contribution >= 4 is 17.2 Å². The van der Waals surface area contributed by atoms with E-state index in [9.17, 15) is 5.26 Å². The van der Waals surface area contributed by atoms with Crippen molar-refractivity contribution in [3.05, 3.63) is 64.6 Å². The lowest BCUT2D eigenvalue weighted by Gasteiger charge is -2.02. The van der Waals surface area contributed by atoms with Crippen LogP contribution < -0.4 is 4.74 Å². The number of methoxy groups -OCH3 is 1. The maximum absolute atomic E-state index is 9.38. The molecule has 4 nitrogen and oxygen atoms in total. The highest BCUT2D eigenvalue weighted by molar-refractivity contribution is 6.33. The van der Waals surface area contributed by atoms with E-state index in [0.717, 1.165) is 17.0 Å². The van der Waals surface area contributed by atoms with Crippen LogP contribution in [-0.2, 0) is 6.42 Å². The van der Waals surface area contributed by atoms with Crippen LogP contribution in [0.2, 0.25) is 5.02 Å². The largest absolute Gasteiger partial charge is 0.497 e. The molecule has 3 aromatic rings. The first kappa shape index (κ1) is 13.5. The van der Waals surface area contributed by atoms with Gasteiger partial charge in [0, 0.05) is 12.6 Å². The summed E-state index contributed by atoms with van der Waals surface area (Å²) >= 11 is 6.13. The number of hydrogen-bond donors (Lipinski definition) is 0. The van der Waals surface area contributed by atoms with Gasteiger partial charge in [0.05, 0.1) is 17.8 Å². The molecule has 0 radical (unpaired) electrons. The van der Waals surface area contributed by atoms with Gasteiger partial charge in [-0.15, -0.1) is 0 Å². The van der Waals surface area contributed by atoms with Gasteiger partial charge in [-0.3, -0.25) is 4.40 Å². The standard InChI is InChI=1S/C16H12ClN3O/c1-21-12-6-4-11(5-7-12)9-14-15(10-18)20-8-2-3-13(17)16(20)19-14/h2-8H,9H2,1H3. The van der Waals surface area contributed by atoms with E-state index < -0.39 is 0 Å².